The van der Waals surface area contributed by atoms with Gasteiger partial charge in [0.15, 0.2) is 5.13 Å². The number of ether oxygens (including phenoxy) is 1. The second kappa shape index (κ2) is 6.68. The van der Waals surface area contributed by atoms with Crippen LogP contribution in [0.2, 0.25) is 0 Å². The fraction of sp³-hybridized carbons (Fsp3) is 0.333. The molecule has 0 unspecified atom stereocenters. The van der Waals surface area contributed by atoms with Crippen LogP contribution in [-0.4, -0.2) is 36.4 Å². The summed E-state index contributed by atoms with van der Waals surface area (Å²) in [6, 6.07) is 4.85. The van der Waals surface area contributed by atoms with Gasteiger partial charge in [-0.1, -0.05) is 0 Å². The predicted molar refractivity (Wildman–Crippen MR) is 83.3 cm³/mol. The molecule has 24 heavy (non-hydrogen) atoms. The molecule has 1 aliphatic heterocycles. The van der Waals surface area contributed by atoms with E-state index in [-0.39, 0.29) is 23.3 Å². The number of benzene rings is 1. The highest BCUT2D eigenvalue weighted by Gasteiger charge is 2.31. The fourth-order valence-corrected chi connectivity index (χ4v) is 3.18. The summed E-state index contributed by atoms with van der Waals surface area (Å²) in [5.41, 5.74) is 0.289. The Kier molecular flexibility index (Phi) is 4.61. The number of nitrogens with zero attached hydrogens (tertiary/aromatic N) is 2. The first-order valence-corrected chi connectivity index (χ1v) is 8.10. The van der Waals surface area contributed by atoms with E-state index in [4.69, 9.17) is 0 Å². The van der Waals surface area contributed by atoms with Gasteiger partial charge in [0.05, 0.1) is 0 Å². The Morgan fingerprint density at radius 3 is 2.71 bits per heavy atom. The summed E-state index contributed by atoms with van der Waals surface area (Å²) in [6.07, 6.45) is -2.22. The highest BCUT2D eigenvalue weighted by atomic mass is 32.1. The van der Waals surface area contributed by atoms with E-state index in [0.29, 0.717) is 6.54 Å². The van der Waals surface area contributed by atoms with Crippen LogP contribution >= 0.6 is 11.3 Å². The molecule has 1 fully saturated rings. The van der Waals surface area contributed by atoms with Gasteiger partial charge in [0.25, 0.3) is 5.91 Å². The molecular formula is C15H14F3N3O2S. The van der Waals surface area contributed by atoms with Crippen LogP contribution in [0.5, 0.6) is 5.75 Å². The van der Waals surface area contributed by atoms with Crippen molar-refractivity contribution in [2.75, 3.05) is 18.0 Å². The third-order valence-electron chi connectivity index (χ3n) is 3.56. The molecule has 0 spiro atoms. The van der Waals surface area contributed by atoms with Gasteiger partial charge in [-0.3, -0.25) is 4.79 Å². The zero-order chi connectivity index (χ0) is 17.2. The van der Waals surface area contributed by atoms with Crippen LogP contribution in [0, 0.1) is 0 Å². The maximum atomic E-state index is 12.2. The maximum Gasteiger partial charge on any atom is 0.573 e. The fourth-order valence-electron chi connectivity index (χ4n) is 2.50. The van der Waals surface area contributed by atoms with Gasteiger partial charge >= 0.3 is 6.36 Å². The molecule has 1 aromatic carbocycles. The van der Waals surface area contributed by atoms with E-state index in [1.165, 1.54) is 23.5 Å². The number of alkyl halides is 3. The molecule has 5 nitrogen and oxygen atoms in total. The number of thiazole rings is 1. The summed E-state index contributed by atoms with van der Waals surface area (Å²) in [5.74, 6) is -0.672. The number of hydrogen-bond acceptors (Lipinski definition) is 5. The normalized spacial score (nSPS) is 17.8. The van der Waals surface area contributed by atoms with Gasteiger partial charge in [-0.15, -0.1) is 24.5 Å². The number of carbonyl (C=O) groups is 1. The van der Waals surface area contributed by atoms with E-state index in [9.17, 15) is 18.0 Å². The summed E-state index contributed by atoms with van der Waals surface area (Å²) < 4.78 is 40.1. The van der Waals surface area contributed by atoms with E-state index in [0.717, 1.165) is 30.2 Å². The molecule has 1 N–H and O–H groups in total. The number of anilines is 1. The number of carbonyl (C=O) groups excluding carboxylic acids is 1. The smallest absolute Gasteiger partial charge is 0.406 e. The number of nitrogens with one attached hydrogen (secondary N) is 1. The number of aromatic nitrogens is 1. The molecule has 0 bridgehead atoms. The molecule has 3 rings (SSSR count). The predicted octanol–water partition coefficient (Wildman–Crippen LogP) is 3.05. The van der Waals surface area contributed by atoms with Crippen LogP contribution in [0.25, 0.3) is 0 Å². The number of hydrogen-bond donors (Lipinski definition) is 1. The van der Waals surface area contributed by atoms with Crippen molar-refractivity contribution in [1.82, 2.24) is 10.3 Å². The van der Waals surface area contributed by atoms with Gasteiger partial charge in [-0.25, -0.2) is 4.98 Å². The average molecular weight is 357 g/mol. The molecular weight excluding hydrogens is 343 g/mol. The van der Waals surface area contributed by atoms with Crippen molar-refractivity contribution in [3.8, 4) is 5.75 Å². The minimum Gasteiger partial charge on any atom is -0.406 e. The minimum absolute atomic E-state index is 0.0208. The first kappa shape index (κ1) is 16.6. The van der Waals surface area contributed by atoms with Gasteiger partial charge in [0.1, 0.15) is 5.75 Å². The Bertz CT molecular complexity index is 689. The van der Waals surface area contributed by atoms with E-state index < -0.39 is 6.36 Å². The molecule has 0 aliphatic carbocycles. The summed E-state index contributed by atoms with van der Waals surface area (Å²) in [6.45, 7) is 1.46. The van der Waals surface area contributed by atoms with Gasteiger partial charge in [0, 0.05) is 36.3 Å². The van der Waals surface area contributed by atoms with Crippen molar-refractivity contribution in [2.24, 2.45) is 0 Å². The highest BCUT2D eigenvalue weighted by molar-refractivity contribution is 7.13. The molecule has 0 saturated carbocycles. The molecule has 9 heteroatoms. The van der Waals surface area contributed by atoms with Crippen molar-refractivity contribution < 1.29 is 22.7 Å². The monoisotopic (exact) mass is 357 g/mol. The summed E-state index contributed by atoms with van der Waals surface area (Å²) >= 11 is 1.54. The second-order valence-corrected chi connectivity index (χ2v) is 6.16. The van der Waals surface area contributed by atoms with Crippen LogP contribution in [0.15, 0.2) is 35.8 Å². The van der Waals surface area contributed by atoms with Crippen LogP contribution < -0.4 is 15.0 Å². The molecule has 1 aliphatic rings. The third-order valence-corrected chi connectivity index (χ3v) is 4.40. The van der Waals surface area contributed by atoms with Crippen LogP contribution in [0.4, 0.5) is 18.3 Å². The largest absolute Gasteiger partial charge is 0.573 e. The van der Waals surface area contributed by atoms with Crippen molar-refractivity contribution in [1.29, 1.82) is 0 Å². The van der Waals surface area contributed by atoms with Gasteiger partial charge in [-0.05, 0) is 30.7 Å². The topological polar surface area (TPSA) is 54.5 Å². The molecule has 1 saturated heterocycles. The molecule has 0 radical (unpaired) electrons. The molecule has 1 atom stereocenters. The summed E-state index contributed by atoms with van der Waals surface area (Å²) in [4.78, 5) is 18.5. The van der Waals surface area contributed by atoms with Gasteiger partial charge in [0.2, 0.25) is 0 Å². The number of amides is 1. The third kappa shape index (κ3) is 4.16. The lowest BCUT2D eigenvalue weighted by Gasteiger charge is -2.16. The van der Waals surface area contributed by atoms with Gasteiger partial charge < -0.3 is 15.0 Å². The molecule has 2 aromatic rings. The molecule has 128 valence electrons. The zero-order valence-corrected chi connectivity index (χ0v) is 13.2. The Morgan fingerprint density at radius 1 is 1.33 bits per heavy atom. The first-order valence-electron chi connectivity index (χ1n) is 7.22. The van der Waals surface area contributed by atoms with Crippen molar-refractivity contribution in [3.05, 3.63) is 41.4 Å². The standard InChI is InChI=1S/C15H14F3N3O2S/c16-15(17,18)23-12-3-1-10(2-4-12)13(22)20-11-5-7-21(9-11)14-19-6-8-24-14/h1-4,6,8,11H,5,7,9H2,(H,20,22)/t11-/m1/s1. The lowest BCUT2D eigenvalue weighted by atomic mass is 10.2. The van der Waals surface area contributed by atoms with E-state index in [1.807, 2.05) is 5.38 Å². The lowest BCUT2D eigenvalue weighted by molar-refractivity contribution is -0.274. The Morgan fingerprint density at radius 2 is 2.08 bits per heavy atom. The van der Waals surface area contributed by atoms with Crippen LogP contribution in [0.1, 0.15) is 16.8 Å². The molecule has 2 heterocycles. The lowest BCUT2D eigenvalue weighted by Crippen LogP contribution is -2.37. The van der Waals surface area contributed by atoms with Crippen molar-refractivity contribution >= 4 is 22.4 Å². The summed E-state index contributed by atoms with van der Waals surface area (Å²) in [5, 5.41) is 5.70. The van der Waals surface area contributed by atoms with E-state index >= 15 is 0 Å². The van der Waals surface area contributed by atoms with E-state index in [2.05, 4.69) is 19.9 Å². The Balaban J connectivity index is 1.55. The Hall–Kier alpha value is -2.29. The van der Waals surface area contributed by atoms with Crippen LogP contribution in [0.3, 0.4) is 0 Å². The Labute approximate surface area is 140 Å². The SMILES string of the molecule is O=C(N[C@@H]1CCN(c2nccs2)C1)c1ccc(OC(F)(F)F)cc1. The van der Waals surface area contributed by atoms with Crippen LogP contribution in [-0.2, 0) is 0 Å². The minimum atomic E-state index is -4.74. The highest BCUT2D eigenvalue weighted by Crippen LogP contribution is 2.24. The number of rotatable bonds is 4. The molecule has 1 aromatic heterocycles. The van der Waals surface area contributed by atoms with Gasteiger partial charge in [-0.2, -0.15) is 0 Å². The number of halogens is 3. The molecule has 1 amide bonds. The van der Waals surface area contributed by atoms with Crippen molar-refractivity contribution in [2.45, 2.75) is 18.8 Å². The maximum absolute atomic E-state index is 12.2. The quantitative estimate of drug-likeness (QED) is 0.914. The summed E-state index contributed by atoms with van der Waals surface area (Å²) in [7, 11) is 0. The van der Waals surface area contributed by atoms with Crippen molar-refractivity contribution in [3.63, 3.8) is 0 Å². The first-order chi connectivity index (χ1) is 11.4. The zero-order valence-electron chi connectivity index (χ0n) is 12.4. The van der Waals surface area contributed by atoms with E-state index in [1.54, 1.807) is 6.20 Å². The second-order valence-electron chi connectivity index (χ2n) is 5.29. The average Bonchev–Trinajstić information content (AvgIpc) is 3.16.